The van der Waals surface area contributed by atoms with Gasteiger partial charge in [0.25, 0.3) is 0 Å². The Morgan fingerprint density at radius 1 is 1.21 bits per heavy atom. The molecule has 8 heteroatoms. The number of nitrogens with zero attached hydrogens (tertiary/aromatic N) is 2. The molecule has 0 spiro atoms. The highest BCUT2D eigenvalue weighted by atomic mass is 32.1. The molecule has 2 rings (SSSR count). The van der Waals surface area contributed by atoms with Crippen LogP contribution in [0.4, 0.5) is 15.6 Å². The molecule has 7 nitrogen and oxygen atoms in total. The standard InChI is InChI=1S/C11H10N4O3S/c1-6-12-11(19-15-6)14-10(18)13-8-4-2-7(3-5-8)9(16)17/h2-5H,1H3,(H,16,17)(H2,12,13,14,15,18). The molecular weight excluding hydrogens is 268 g/mol. The number of urea groups is 1. The van der Waals surface area contributed by atoms with Crippen molar-refractivity contribution in [3.05, 3.63) is 35.7 Å². The second-order valence-electron chi connectivity index (χ2n) is 3.61. The summed E-state index contributed by atoms with van der Waals surface area (Å²) in [4.78, 5) is 26.3. The Morgan fingerprint density at radius 3 is 2.42 bits per heavy atom. The molecule has 3 N–H and O–H groups in total. The van der Waals surface area contributed by atoms with E-state index in [2.05, 4.69) is 20.0 Å². The third-order valence-electron chi connectivity index (χ3n) is 2.14. The van der Waals surface area contributed by atoms with E-state index in [1.807, 2.05) is 0 Å². The summed E-state index contributed by atoms with van der Waals surface area (Å²) in [5.74, 6) is -0.425. The van der Waals surface area contributed by atoms with Crippen molar-refractivity contribution in [3.63, 3.8) is 0 Å². The third-order valence-corrected chi connectivity index (χ3v) is 2.86. The van der Waals surface area contributed by atoms with Gasteiger partial charge in [-0.05, 0) is 31.2 Å². The highest BCUT2D eigenvalue weighted by molar-refractivity contribution is 7.09. The van der Waals surface area contributed by atoms with Gasteiger partial charge in [-0.3, -0.25) is 5.32 Å². The Balaban J connectivity index is 1.97. The van der Waals surface area contributed by atoms with Crippen molar-refractivity contribution in [1.29, 1.82) is 0 Å². The number of rotatable bonds is 3. The van der Waals surface area contributed by atoms with Gasteiger partial charge in [-0.1, -0.05) is 0 Å². The fraction of sp³-hybridized carbons (Fsp3) is 0.0909. The largest absolute Gasteiger partial charge is 0.478 e. The summed E-state index contributed by atoms with van der Waals surface area (Å²) >= 11 is 1.08. The van der Waals surface area contributed by atoms with Crippen molar-refractivity contribution in [1.82, 2.24) is 9.36 Å². The average Bonchev–Trinajstić information content (AvgIpc) is 2.75. The van der Waals surface area contributed by atoms with Crippen LogP contribution in [0.2, 0.25) is 0 Å². The molecule has 0 saturated heterocycles. The highest BCUT2D eigenvalue weighted by Gasteiger charge is 2.07. The Labute approximate surface area is 112 Å². The lowest BCUT2D eigenvalue weighted by Crippen LogP contribution is -2.19. The van der Waals surface area contributed by atoms with Crippen LogP contribution in [0.5, 0.6) is 0 Å². The number of aromatic nitrogens is 2. The van der Waals surface area contributed by atoms with Crippen molar-refractivity contribution in [2.45, 2.75) is 6.92 Å². The van der Waals surface area contributed by atoms with Crippen LogP contribution in [-0.4, -0.2) is 26.5 Å². The van der Waals surface area contributed by atoms with Crippen LogP contribution in [0.1, 0.15) is 16.2 Å². The minimum atomic E-state index is -1.01. The summed E-state index contributed by atoms with van der Waals surface area (Å²) in [6.07, 6.45) is 0. The molecule has 1 heterocycles. The van der Waals surface area contributed by atoms with Gasteiger partial charge in [0.2, 0.25) is 5.13 Å². The lowest BCUT2D eigenvalue weighted by atomic mass is 10.2. The van der Waals surface area contributed by atoms with Gasteiger partial charge in [-0.15, -0.1) is 0 Å². The molecule has 2 amide bonds. The lowest BCUT2D eigenvalue weighted by molar-refractivity contribution is 0.0697. The van der Waals surface area contributed by atoms with Crippen LogP contribution in [-0.2, 0) is 0 Å². The number of carbonyl (C=O) groups is 2. The lowest BCUT2D eigenvalue weighted by Gasteiger charge is -2.05. The van der Waals surface area contributed by atoms with E-state index in [4.69, 9.17) is 5.11 Å². The second-order valence-corrected chi connectivity index (χ2v) is 4.36. The fourth-order valence-corrected chi connectivity index (χ4v) is 1.87. The number of anilines is 2. The maximum Gasteiger partial charge on any atom is 0.335 e. The van der Waals surface area contributed by atoms with Crippen molar-refractivity contribution in [2.24, 2.45) is 0 Å². The monoisotopic (exact) mass is 278 g/mol. The molecule has 0 atom stereocenters. The molecule has 0 aliphatic heterocycles. The molecule has 0 aliphatic carbocycles. The van der Waals surface area contributed by atoms with Crippen molar-refractivity contribution in [3.8, 4) is 0 Å². The number of carboxylic acids is 1. The molecule has 1 aromatic carbocycles. The first-order chi connectivity index (χ1) is 9.04. The number of aromatic carboxylic acids is 1. The predicted octanol–water partition coefficient (Wildman–Crippen LogP) is 2.19. The highest BCUT2D eigenvalue weighted by Crippen LogP contribution is 2.12. The normalized spacial score (nSPS) is 9.95. The molecule has 19 heavy (non-hydrogen) atoms. The molecule has 0 saturated carbocycles. The molecule has 1 aromatic heterocycles. The van der Waals surface area contributed by atoms with E-state index < -0.39 is 12.0 Å². The van der Waals surface area contributed by atoms with Crippen LogP contribution >= 0.6 is 11.5 Å². The quantitative estimate of drug-likeness (QED) is 0.798. The van der Waals surface area contributed by atoms with Crippen molar-refractivity contribution >= 4 is 34.4 Å². The van der Waals surface area contributed by atoms with Gasteiger partial charge in [0.1, 0.15) is 5.82 Å². The van der Waals surface area contributed by atoms with Crippen LogP contribution < -0.4 is 10.6 Å². The Bertz CT molecular complexity index is 609. The number of hydrogen-bond donors (Lipinski definition) is 3. The van der Waals surface area contributed by atoms with Gasteiger partial charge < -0.3 is 10.4 Å². The van der Waals surface area contributed by atoms with Crippen LogP contribution in [0.15, 0.2) is 24.3 Å². The third kappa shape index (κ3) is 3.49. The maximum absolute atomic E-state index is 11.6. The van der Waals surface area contributed by atoms with Gasteiger partial charge in [-0.2, -0.15) is 4.37 Å². The van der Waals surface area contributed by atoms with Crippen molar-refractivity contribution in [2.75, 3.05) is 10.6 Å². The zero-order valence-corrected chi connectivity index (χ0v) is 10.7. The van der Waals surface area contributed by atoms with E-state index in [1.165, 1.54) is 24.3 Å². The summed E-state index contributed by atoms with van der Waals surface area (Å²) in [7, 11) is 0. The summed E-state index contributed by atoms with van der Waals surface area (Å²) in [6.45, 7) is 1.73. The fourth-order valence-electron chi connectivity index (χ4n) is 1.30. The maximum atomic E-state index is 11.6. The van der Waals surface area contributed by atoms with Gasteiger partial charge in [-0.25, -0.2) is 14.6 Å². The summed E-state index contributed by atoms with van der Waals surface area (Å²) < 4.78 is 3.93. The smallest absolute Gasteiger partial charge is 0.335 e. The molecule has 2 aromatic rings. The van der Waals surface area contributed by atoms with E-state index in [0.29, 0.717) is 16.6 Å². The predicted molar refractivity (Wildman–Crippen MR) is 70.7 cm³/mol. The van der Waals surface area contributed by atoms with E-state index >= 15 is 0 Å². The molecule has 98 valence electrons. The van der Waals surface area contributed by atoms with Gasteiger partial charge >= 0.3 is 12.0 Å². The number of benzene rings is 1. The number of hydrogen-bond acceptors (Lipinski definition) is 5. The van der Waals surface area contributed by atoms with Crippen molar-refractivity contribution < 1.29 is 14.7 Å². The van der Waals surface area contributed by atoms with E-state index in [9.17, 15) is 9.59 Å². The zero-order valence-electron chi connectivity index (χ0n) is 9.88. The topological polar surface area (TPSA) is 104 Å². The Kier molecular flexibility index (Phi) is 3.71. The molecule has 0 unspecified atom stereocenters. The summed E-state index contributed by atoms with van der Waals surface area (Å²) in [5.41, 5.74) is 0.648. The molecule has 0 fully saturated rings. The van der Waals surface area contributed by atoms with E-state index in [1.54, 1.807) is 6.92 Å². The molecular formula is C11H10N4O3S. The molecule has 0 bridgehead atoms. The first-order valence-corrected chi connectivity index (χ1v) is 6.03. The Morgan fingerprint density at radius 2 is 1.89 bits per heavy atom. The first kappa shape index (κ1) is 13.0. The molecule has 0 aliphatic rings. The number of aryl methyl sites for hydroxylation is 1. The number of amides is 2. The van der Waals surface area contributed by atoms with Crippen LogP contribution in [0, 0.1) is 6.92 Å². The second kappa shape index (κ2) is 5.44. The zero-order chi connectivity index (χ0) is 13.8. The minimum Gasteiger partial charge on any atom is -0.478 e. The number of nitrogens with one attached hydrogen (secondary N) is 2. The number of carboxylic acid groups (broad SMARTS) is 1. The Hall–Kier alpha value is -2.48. The van der Waals surface area contributed by atoms with Gasteiger partial charge in [0.15, 0.2) is 0 Å². The van der Waals surface area contributed by atoms with Gasteiger partial charge in [0, 0.05) is 17.2 Å². The average molecular weight is 278 g/mol. The summed E-state index contributed by atoms with van der Waals surface area (Å²) in [6, 6.07) is 5.38. The van der Waals surface area contributed by atoms with E-state index in [-0.39, 0.29) is 5.56 Å². The SMILES string of the molecule is Cc1nsc(NC(=O)Nc2ccc(C(=O)O)cc2)n1. The van der Waals surface area contributed by atoms with Gasteiger partial charge in [0.05, 0.1) is 5.56 Å². The molecule has 0 radical (unpaired) electrons. The summed E-state index contributed by atoms with van der Waals surface area (Å²) in [5, 5.41) is 14.2. The number of carbonyl (C=O) groups excluding carboxylic acids is 1. The van der Waals surface area contributed by atoms with Crippen LogP contribution in [0.3, 0.4) is 0 Å². The minimum absolute atomic E-state index is 0.158. The first-order valence-electron chi connectivity index (χ1n) is 5.26. The van der Waals surface area contributed by atoms with Crippen LogP contribution in [0.25, 0.3) is 0 Å². The van der Waals surface area contributed by atoms with E-state index in [0.717, 1.165) is 11.5 Å².